The van der Waals surface area contributed by atoms with Gasteiger partial charge in [-0.15, -0.1) is 0 Å². The second-order valence-electron chi connectivity index (χ2n) is 5.10. The third-order valence-corrected chi connectivity index (χ3v) is 2.96. The molecule has 7 heteroatoms. The Kier molecular flexibility index (Phi) is 5.50. The van der Waals surface area contributed by atoms with E-state index in [2.05, 4.69) is 11.2 Å². The lowest BCUT2D eigenvalue weighted by atomic mass is 10.2. The smallest absolute Gasteiger partial charge is 0.334 e. The van der Waals surface area contributed by atoms with Crippen LogP contribution in [-0.4, -0.2) is 27.8 Å². The summed E-state index contributed by atoms with van der Waals surface area (Å²) in [5, 5.41) is 24.3. The highest BCUT2D eigenvalue weighted by Gasteiger charge is 2.29. The van der Waals surface area contributed by atoms with Gasteiger partial charge in [0.2, 0.25) is 5.82 Å². The zero-order valence-electron chi connectivity index (χ0n) is 12.5. The van der Waals surface area contributed by atoms with Gasteiger partial charge in [-0.25, -0.2) is 4.68 Å². The molecule has 0 saturated carbocycles. The fourth-order valence-corrected chi connectivity index (χ4v) is 2.25. The number of nitriles is 1. The van der Waals surface area contributed by atoms with Crippen molar-refractivity contribution in [3.8, 4) is 6.07 Å². The topological polar surface area (TPSA) is 88.0 Å². The Morgan fingerprint density at radius 3 is 2.65 bits per heavy atom. The van der Waals surface area contributed by atoms with Crippen LogP contribution in [0.4, 0.5) is 11.5 Å². The molecular formula is C13H21N5O2. The van der Waals surface area contributed by atoms with Crippen LogP contribution < -0.4 is 4.90 Å². The van der Waals surface area contributed by atoms with Crippen molar-refractivity contribution in [1.82, 2.24) is 9.78 Å². The second-order valence-corrected chi connectivity index (χ2v) is 5.10. The molecule has 0 saturated heterocycles. The number of aryl methyl sites for hydroxylation is 2. The molecule has 1 rings (SSSR count). The van der Waals surface area contributed by atoms with Crippen molar-refractivity contribution in [3.05, 3.63) is 15.8 Å². The fourth-order valence-electron chi connectivity index (χ4n) is 2.25. The van der Waals surface area contributed by atoms with Crippen LogP contribution in [0.2, 0.25) is 0 Å². The van der Waals surface area contributed by atoms with Gasteiger partial charge in [0.25, 0.3) is 0 Å². The molecule has 0 bridgehead atoms. The molecular weight excluding hydrogens is 258 g/mol. The highest BCUT2D eigenvalue weighted by Crippen LogP contribution is 2.32. The van der Waals surface area contributed by atoms with Gasteiger partial charge in [0.15, 0.2) is 0 Å². The van der Waals surface area contributed by atoms with Crippen LogP contribution in [0.15, 0.2) is 0 Å². The summed E-state index contributed by atoms with van der Waals surface area (Å²) in [5.41, 5.74) is 0.548. The van der Waals surface area contributed by atoms with Crippen LogP contribution in [-0.2, 0) is 13.5 Å². The summed E-state index contributed by atoms with van der Waals surface area (Å²) in [4.78, 5) is 12.9. The highest BCUT2D eigenvalue weighted by molar-refractivity contribution is 5.61. The number of anilines is 1. The van der Waals surface area contributed by atoms with E-state index in [1.165, 1.54) is 0 Å². The average Bonchev–Trinajstić information content (AvgIpc) is 2.71. The fraction of sp³-hybridized carbons (Fsp3) is 0.692. The number of hydrogen-bond acceptors (Lipinski definition) is 5. The number of rotatable bonds is 7. The van der Waals surface area contributed by atoms with E-state index >= 15 is 0 Å². The second kappa shape index (κ2) is 6.89. The van der Waals surface area contributed by atoms with Gasteiger partial charge >= 0.3 is 5.69 Å². The van der Waals surface area contributed by atoms with Crippen LogP contribution in [0.25, 0.3) is 0 Å². The first kappa shape index (κ1) is 16.0. The molecule has 7 nitrogen and oxygen atoms in total. The van der Waals surface area contributed by atoms with E-state index in [4.69, 9.17) is 5.26 Å². The van der Waals surface area contributed by atoms with E-state index in [-0.39, 0.29) is 10.6 Å². The molecule has 0 unspecified atom stereocenters. The quantitative estimate of drug-likeness (QED) is 0.564. The van der Waals surface area contributed by atoms with Gasteiger partial charge in [0.1, 0.15) is 5.69 Å². The molecule has 0 aliphatic carbocycles. The summed E-state index contributed by atoms with van der Waals surface area (Å²) >= 11 is 0. The summed E-state index contributed by atoms with van der Waals surface area (Å²) in [6.07, 6.45) is 0.842. The SMILES string of the molecule is CCc1nn(C)c(N(CCC#N)CC(C)C)c1[N+](=O)[O-]. The number of nitro groups is 1. The molecule has 0 amide bonds. The molecule has 0 aliphatic heterocycles. The van der Waals surface area contributed by atoms with E-state index in [1.807, 2.05) is 25.7 Å². The van der Waals surface area contributed by atoms with Crippen molar-refractivity contribution in [3.63, 3.8) is 0 Å². The zero-order chi connectivity index (χ0) is 15.3. The monoisotopic (exact) mass is 279 g/mol. The molecule has 20 heavy (non-hydrogen) atoms. The van der Waals surface area contributed by atoms with Crippen LogP contribution in [0.5, 0.6) is 0 Å². The third-order valence-electron chi connectivity index (χ3n) is 2.96. The largest absolute Gasteiger partial charge is 0.350 e. The molecule has 0 aromatic carbocycles. The standard InChI is InChI=1S/C13H21N5O2/c1-5-11-12(18(19)20)13(16(4)15-11)17(8-6-7-14)9-10(2)3/h10H,5-6,8-9H2,1-4H3. The molecule has 0 radical (unpaired) electrons. The van der Waals surface area contributed by atoms with Crippen molar-refractivity contribution in [1.29, 1.82) is 5.26 Å². The van der Waals surface area contributed by atoms with E-state index < -0.39 is 0 Å². The molecule has 0 fully saturated rings. The lowest BCUT2D eigenvalue weighted by Crippen LogP contribution is -2.30. The molecule has 0 atom stereocenters. The number of aromatic nitrogens is 2. The molecule has 0 N–H and O–H groups in total. The molecule has 0 aliphatic rings. The first-order valence-corrected chi connectivity index (χ1v) is 6.74. The summed E-state index contributed by atoms with van der Waals surface area (Å²) in [6, 6.07) is 2.09. The maximum Gasteiger partial charge on any atom is 0.334 e. The molecule has 0 spiro atoms. The first-order chi connectivity index (χ1) is 9.42. The number of nitrogens with zero attached hydrogens (tertiary/aromatic N) is 5. The van der Waals surface area contributed by atoms with E-state index in [1.54, 1.807) is 11.7 Å². The predicted molar refractivity (Wildman–Crippen MR) is 76.5 cm³/mol. The Morgan fingerprint density at radius 1 is 1.55 bits per heavy atom. The average molecular weight is 279 g/mol. The van der Waals surface area contributed by atoms with Crippen molar-refractivity contribution in [2.75, 3.05) is 18.0 Å². The van der Waals surface area contributed by atoms with E-state index in [0.717, 1.165) is 0 Å². The van der Waals surface area contributed by atoms with Gasteiger partial charge in [-0.3, -0.25) is 10.1 Å². The molecule has 1 heterocycles. The van der Waals surface area contributed by atoms with Crippen LogP contribution in [0.1, 0.15) is 32.9 Å². The van der Waals surface area contributed by atoms with Gasteiger partial charge in [0.05, 0.1) is 17.4 Å². The van der Waals surface area contributed by atoms with Crippen molar-refractivity contribution in [2.45, 2.75) is 33.6 Å². The van der Waals surface area contributed by atoms with E-state index in [0.29, 0.717) is 43.4 Å². The Hall–Kier alpha value is -2.10. The van der Waals surface area contributed by atoms with Crippen LogP contribution in [0.3, 0.4) is 0 Å². The zero-order valence-corrected chi connectivity index (χ0v) is 12.5. The summed E-state index contributed by atoms with van der Waals surface area (Å²) < 4.78 is 1.55. The normalized spacial score (nSPS) is 10.6. The summed E-state index contributed by atoms with van der Waals surface area (Å²) in [5.74, 6) is 0.837. The first-order valence-electron chi connectivity index (χ1n) is 6.74. The van der Waals surface area contributed by atoms with Gasteiger partial charge in [0, 0.05) is 20.1 Å². The number of hydrogen-bond donors (Lipinski definition) is 0. The van der Waals surface area contributed by atoms with Crippen LogP contribution in [0, 0.1) is 27.4 Å². The van der Waals surface area contributed by atoms with Crippen LogP contribution >= 0.6 is 0 Å². The minimum atomic E-state index is -0.374. The highest BCUT2D eigenvalue weighted by atomic mass is 16.6. The van der Waals surface area contributed by atoms with E-state index in [9.17, 15) is 10.1 Å². The Balaban J connectivity index is 3.27. The van der Waals surface area contributed by atoms with Gasteiger partial charge < -0.3 is 4.90 Å². The molecule has 1 aromatic heterocycles. The maximum absolute atomic E-state index is 11.3. The lowest BCUT2D eigenvalue weighted by Gasteiger charge is -2.24. The van der Waals surface area contributed by atoms with Gasteiger partial charge in [-0.1, -0.05) is 20.8 Å². The molecule has 1 aromatic rings. The Bertz CT molecular complexity index is 516. The van der Waals surface area contributed by atoms with Crippen molar-refractivity contribution < 1.29 is 4.92 Å². The summed E-state index contributed by atoms with van der Waals surface area (Å²) in [7, 11) is 1.71. The minimum Gasteiger partial charge on any atom is -0.350 e. The molecule has 110 valence electrons. The lowest BCUT2D eigenvalue weighted by molar-refractivity contribution is -0.384. The van der Waals surface area contributed by atoms with Gasteiger partial charge in [-0.2, -0.15) is 10.4 Å². The maximum atomic E-state index is 11.3. The Morgan fingerprint density at radius 2 is 2.20 bits per heavy atom. The van der Waals surface area contributed by atoms with Crippen molar-refractivity contribution >= 4 is 11.5 Å². The van der Waals surface area contributed by atoms with Crippen molar-refractivity contribution in [2.24, 2.45) is 13.0 Å². The third kappa shape index (κ3) is 3.47. The Labute approximate surface area is 118 Å². The summed E-state index contributed by atoms with van der Waals surface area (Å²) in [6.45, 7) is 7.06. The predicted octanol–water partition coefficient (Wildman–Crippen LogP) is 2.27. The van der Waals surface area contributed by atoms with Gasteiger partial charge in [-0.05, 0) is 12.3 Å². The minimum absolute atomic E-state index is 0.0635.